The third-order valence-corrected chi connectivity index (χ3v) is 15.2. The van der Waals surface area contributed by atoms with E-state index >= 15 is 0 Å². The molecule has 0 unspecified atom stereocenters. The average Bonchev–Trinajstić information content (AvgIpc) is 3.20. The number of benzene rings is 7. The van der Waals surface area contributed by atoms with Gasteiger partial charge in [0.2, 0.25) is 4.65 Å². The normalized spacial score (nSPS) is 11.2. The van der Waals surface area contributed by atoms with Gasteiger partial charge < -0.3 is 9.66 Å². The fourth-order valence-electron chi connectivity index (χ4n) is 5.50. The number of hydrogen-bond acceptors (Lipinski definition) is 4. The maximum Gasteiger partial charge on any atom is 0.221 e. The summed E-state index contributed by atoms with van der Waals surface area (Å²) in [6.07, 6.45) is 0. The van der Waals surface area contributed by atoms with Crippen LogP contribution in [0.4, 0.5) is 0 Å². The van der Waals surface area contributed by atoms with Crippen molar-refractivity contribution < 1.29 is 34.6 Å². The fraction of sp³-hybridized carbons (Fsp3) is 0.0222. The molecule has 7 aromatic rings. The summed E-state index contributed by atoms with van der Waals surface area (Å²) in [4.78, 5) is 0. The van der Waals surface area contributed by atoms with Gasteiger partial charge in [-0.25, -0.2) is 8.42 Å². The molecule has 1 N–H and O–H groups in total. The molecule has 0 atom stereocenters. The standard InChI is InChI=1S/C21H19O4PS.C18H15P.C6H5.Ni/c1-16-12-14-17(15-13-16)20(22)21(27(23,24)25)26(18-8-4-2-5-9-18)19-10-6-3-7-11-19;1-4-10-16(11-5-1)19(17-12-6-2-7-13-17)18-14-8-3-9-15-18;1-2-4-6-5-3-1;/h2-15,22H,1H3,(H,23,24,25);1-15H;1-5H;/q;;-1;/p+1/b21-20+;;;. The molecule has 0 aliphatic heterocycles. The van der Waals surface area contributed by atoms with Crippen LogP contribution in [0.15, 0.2) is 211 Å². The Morgan fingerprint density at radius 1 is 0.509 bits per heavy atom. The predicted molar refractivity (Wildman–Crippen MR) is 223 cm³/mol. The van der Waals surface area contributed by atoms with E-state index in [0.29, 0.717) is 16.2 Å². The van der Waals surface area contributed by atoms with Crippen LogP contribution >= 0.6 is 15.8 Å². The van der Waals surface area contributed by atoms with Gasteiger partial charge in [0.15, 0.2) is 15.9 Å². The first-order chi connectivity index (χ1) is 25.3. The van der Waals surface area contributed by atoms with Crippen LogP contribution in [0.1, 0.15) is 11.1 Å². The van der Waals surface area contributed by atoms with E-state index < -0.39 is 36.4 Å². The van der Waals surface area contributed by atoms with Gasteiger partial charge in [-0.3, -0.25) is 0 Å². The second kappa shape index (κ2) is 21.1. The Kier molecular flexibility index (Phi) is 16.4. The van der Waals surface area contributed by atoms with E-state index in [4.69, 9.17) is 0 Å². The second-order valence-electron chi connectivity index (χ2n) is 11.7. The molecule has 0 fully saturated rings. The van der Waals surface area contributed by atoms with E-state index in [9.17, 15) is 18.1 Å². The molecule has 7 rings (SSSR count). The molecule has 7 aromatic carbocycles. The van der Waals surface area contributed by atoms with Gasteiger partial charge in [-0.1, -0.05) is 121 Å². The largest absolute Gasteiger partial charge is 0.741 e. The average molecular weight is 798 g/mol. The number of rotatable bonds is 8. The molecule has 0 heterocycles. The Morgan fingerprint density at radius 3 is 1.11 bits per heavy atom. The SMILES string of the molecule is Cc1ccc(/C(O)=C(/[PH+](c2ccccc2)c2ccccc2)S(=O)(=O)[O-])cc1.[Ni].[c-]1ccccc1.c1ccc([PH+](c2ccccc2)c2ccccc2)cc1. The summed E-state index contributed by atoms with van der Waals surface area (Å²) < 4.78 is 36.3. The van der Waals surface area contributed by atoms with Crippen molar-refractivity contribution in [3.8, 4) is 0 Å². The zero-order valence-electron chi connectivity index (χ0n) is 29.0. The smallest absolute Gasteiger partial charge is 0.221 e. The predicted octanol–water partition coefficient (Wildman–Crippen LogP) is 8.25. The van der Waals surface area contributed by atoms with Crippen molar-refractivity contribution >= 4 is 58.2 Å². The molecule has 0 aliphatic rings. The molecule has 8 heteroatoms. The number of aliphatic hydroxyl groups excluding tert-OH is 1. The Labute approximate surface area is 326 Å². The second-order valence-corrected chi connectivity index (χ2v) is 18.2. The molecule has 4 nitrogen and oxygen atoms in total. The van der Waals surface area contributed by atoms with Crippen molar-refractivity contribution in [2.75, 3.05) is 0 Å². The van der Waals surface area contributed by atoms with Gasteiger partial charge in [0, 0.05) is 22.1 Å². The quantitative estimate of drug-likeness (QED) is 0.0553. The Hall–Kier alpha value is -4.66. The first kappa shape index (κ1) is 41.1. The molecule has 0 bridgehead atoms. The Bertz CT molecular complexity index is 2050. The van der Waals surface area contributed by atoms with Crippen LogP contribution in [0, 0.1) is 13.0 Å². The van der Waals surface area contributed by atoms with Crippen LogP contribution in [0.5, 0.6) is 0 Å². The van der Waals surface area contributed by atoms with Crippen LogP contribution in [0.2, 0.25) is 0 Å². The molecule has 0 saturated carbocycles. The monoisotopic (exact) mass is 796 g/mol. The van der Waals surface area contributed by atoms with E-state index in [2.05, 4.69) is 97.1 Å². The summed E-state index contributed by atoms with van der Waals surface area (Å²) >= 11 is 0. The van der Waals surface area contributed by atoms with Crippen LogP contribution in [-0.2, 0) is 26.6 Å². The summed E-state index contributed by atoms with van der Waals surface area (Å²) in [6.45, 7) is 1.89. The van der Waals surface area contributed by atoms with Gasteiger partial charge >= 0.3 is 0 Å². The molecule has 0 saturated heterocycles. The van der Waals surface area contributed by atoms with E-state index in [-0.39, 0.29) is 16.5 Å². The number of aryl methyl sites for hydroxylation is 1. The first-order valence-electron chi connectivity index (χ1n) is 16.7. The molecular formula is C45H40NiO4P2S. The number of hydrogen-bond donors (Lipinski definition) is 1. The van der Waals surface area contributed by atoms with Crippen LogP contribution in [0.3, 0.4) is 0 Å². The van der Waals surface area contributed by atoms with E-state index in [0.717, 1.165) is 5.56 Å². The maximum atomic E-state index is 12.3. The zero-order chi connectivity index (χ0) is 36.6. The Morgan fingerprint density at radius 2 is 0.830 bits per heavy atom. The maximum absolute atomic E-state index is 12.3. The molecule has 53 heavy (non-hydrogen) atoms. The molecule has 0 aromatic heterocycles. The van der Waals surface area contributed by atoms with Crippen LogP contribution in [0.25, 0.3) is 5.76 Å². The molecule has 0 radical (unpaired) electrons. The third-order valence-electron chi connectivity index (χ3n) is 7.94. The van der Waals surface area contributed by atoms with Crippen LogP contribution in [-0.4, -0.2) is 18.1 Å². The van der Waals surface area contributed by atoms with Crippen molar-refractivity contribution in [3.05, 3.63) is 228 Å². The first-order valence-corrected chi connectivity index (χ1v) is 21.1. The third kappa shape index (κ3) is 12.2. The van der Waals surface area contributed by atoms with Crippen molar-refractivity contribution in [2.24, 2.45) is 0 Å². The summed E-state index contributed by atoms with van der Waals surface area (Å²) in [5.74, 6) is -0.480. The van der Waals surface area contributed by atoms with E-state index in [1.807, 2.05) is 49.4 Å². The molecule has 0 aliphatic carbocycles. The minimum absolute atomic E-state index is 0. The van der Waals surface area contributed by atoms with Crippen molar-refractivity contribution in [2.45, 2.75) is 6.92 Å². The van der Waals surface area contributed by atoms with Crippen molar-refractivity contribution in [3.63, 3.8) is 0 Å². The van der Waals surface area contributed by atoms with Gasteiger partial charge in [0.25, 0.3) is 0 Å². The number of aliphatic hydroxyl groups is 1. The van der Waals surface area contributed by atoms with Gasteiger partial charge in [0.05, 0.1) is 7.92 Å². The summed E-state index contributed by atoms with van der Waals surface area (Å²) in [5, 5.41) is 16.6. The van der Waals surface area contributed by atoms with Gasteiger partial charge in [-0.05, 0) is 67.6 Å². The fourth-order valence-corrected chi connectivity index (χ4v) is 12.4. The van der Waals surface area contributed by atoms with Gasteiger partial charge in [-0.15, -0.1) is 0 Å². The van der Waals surface area contributed by atoms with Gasteiger partial charge in [-0.2, -0.15) is 36.4 Å². The molecular weight excluding hydrogens is 757 g/mol. The molecule has 0 amide bonds. The Balaban J connectivity index is 0.000000208. The minimum Gasteiger partial charge on any atom is -0.741 e. The molecule has 0 spiro atoms. The van der Waals surface area contributed by atoms with Crippen LogP contribution < -0.4 is 26.5 Å². The van der Waals surface area contributed by atoms with E-state index in [1.165, 1.54) is 15.9 Å². The van der Waals surface area contributed by atoms with Gasteiger partial charge in [0.1, 0.15) is 34.4 Å². The molecule has 270 valence electrons. The van der Waals surface area contributed by atoms with Crippen molar-refractivity contribution in [1.29, 1.82) is 0 Å². The minimum atomic E-state index is -4.89. The zero-order valence-corrected chi connectivity index (χ0v) is 32.8. The van der Waals surface area contributed by atoms with E-state index in [1.54, 1.807) is 72.8 Å². The summed E-state index contributed by atoms with van der Waals surface area (Å²) in [6, 6.07) is 69.7. The van der Waals surface area contributed by atoms with Crippen molar-refractivity contribution in [1.82, 2.24) is 0 Å². The summed E-state index contributed by atoms with van der Waals surface area (Å²) in [7, 11) is -7.99. The topological polar surface area (TPSA) is 77.4 Å². The summed E-state index contributed by atoms with van der Waals surface area (Å²) in [5.41, 5.74) is 1.28.